The van der Waals surface area contributed by atoms with Crippen LogP contribution in [0.15, 0.2) is 24.3 Å². The van der Waals surface area contributed by atoms with E-state index in [1.807, 2.05) is 24.3 Å². The van der Waals surface area contributed by atoms with Gasteiger partial charge in [-0.05, 0) is 24.3 Å². The number of nitrogens with zero attached hydrogens (tertiary/aromatic N) is 2. The van der Waals surface area contributed by atoms with Gasteiger partial charge < -0.3 is 24.2 Å². The Morgan fingerprint density at radius 2 is 1.88 bits per heavy atom. The molecule has 0 aromatic heterocycles. The number of benzene rings is 1. The smallest absolute Gasteiger partial charge is 0.407 e. The molecule has 1 aromatic rings. The van der Waals surface area contributed by atoms with Crippen molar-refractivity contribution < 1.29 is 24.1 Å². The quantitative estimate of drug-likeness (QED) is 0.849. The first kappa shape index (κ1) is 16.9. The van der Waals surface area contributed by atoms with Gasteiger partial charge in [0.25, 0.3) is 0 Å². The van der Waals surface area contributed by atoms with Crippen molar-refractivity contribution in [2.24, 2.45) is 0 Å². The second kappa shape index (κ2) is 8.21. The highest BCUT2D eigenvalue weighted by Gasteiger charge is 2.27. The van der Waals surface area contributed by atoms with Crippen molar-refractivity contribution in [3.8, 4) is 11.5 Å². The third kappa shape index (κ3) is 4.75. The van der Waals surface area contributed by atoms with Gasteiger partial charge in [-0.1, -0.05) is 0 Å². The summed E-state index contributed by atoms with van der Waals surface area (Å²) in [4.78, 5) is 14.6. The molecule has 24 heavy (non-hydrogen) atoms. The van der Waals surface area contributed by atoms with Gasteiger partial charge in [-0.3, -0.25) is 4.90 Å². The minimum atomic E-state index is -0.884. The Kier molecular flexibility index (Phi) is 5.77. The maximum Gasteiger partial charge on any atom is 0.407 e. The average Bonchev–Trinajstić information content (AvgIpc) is 3.06. The van der Waals surface area contributed by atoms with Crippen LogP contribution in [0.25, 0.3) is 0 Å². The number of carbonyl (C=O) groups is 1. The second-order valence-corrected chi connectivity index (χ2v) is 6.03. The number of amides is 1. The lowest BCUT2D eigenvalue weighted by molar-refractivity contribution is 0.0322. The minimum Gasteiger partial charge on any atom is -0.492 e. The number of hydrogen-bond donors (Lipinski definition) is 1. The zero-order valence-electron chi connectivity index (χ0n) is 13.7. The van der Waals surface area contributed by atoms with E-state index in [1.54, 1.807) is 0 Å². The van der Waals surface area contributed by atoms with Gasteiger partial charge in [0, 0.05) is 32.6 Å². The predicted octanol–water partition coefficient (Wildman–Crippen LogP) is 1.53. The summed E-state index contributed by atoms with van der Waals surface area (Å²) in [7, 11) is 0. The molecule has 2 fully saturated rings. The molecule has 0 aliphatic carbocycles. The first-order valence-electron chi connectivity index (χ1n) is 8.38. The van der Waals surface area contributed by atoms with Crippen LogP contribution in [-0.2, 0) is 4.74 Å². The van der Waals surface area contributed by atoms with E-state index in [2.05, 4.69) is 4.90 Å². The number of hydrogen-bond acceptors (Lipinski definition) is 5. The normalized spacial score (nSPS) is 21.7. The highest BCUT2D eigenvalue weighted by atomic mass is 16.5. The fraction of sp³-hybridized carbons (Fsp3) is 0.588. The summed E-state index contributed by atoms with van der Waals surface area (Å²) in [5.74, 6) is 1.56. The van der Waals surface area contributed by atoms with Crippen molar-refractivity contribution in [2.45, 2.75) is 12.5 Å². The highest BCUT2D eigenvalue weighted by Crippen LogP contribution is 2.21. The molecule has 7 heteroatoms. The van der Waals surface area contributed by atoms with Crippen LogP contribution in [0.5, 0.6) is 11.5 Å². The molecule has 1 atom stereocenters. The van der Waals surface area contributed by atoms with E-state index in [4.69, 9.17) is 19.3 Å². The molecule has 3 rings (SSSR count). The van der Waals surface area contributed by atoms with Gasteiger partial charge in [-0.15, -0.1) is 0 Å². The van der Waals surface area contributed by atoms with Gasteiger partial charge in [0.05, 0.1) is 19.8 Å². The van der Waals surface area contributed by atoms with Crippen LogP contribution in [0.2, 0.25) is 0 Å². The second-order valence-electron chi connectivity index (χ2n) is 6.03. The van der Waals surface area contributed by atoms with Crippen molar-refractivity contribution in [3.63, 3.8) is 0 Å². The lowest BCUT2D eigenvalue weighted by Gasteiger charge is -2.26. The lowest BCUT2D eigenvalue weighted by atomic mass is 10.3. The Hall–Kier alpha value is -1.99. The Morgan fingerprint density at radius 3 is 2.54 bits per heavy atom. The molecule has 0 bridgehead atoms. The number of rotatable bonds is 6. The Balaban J connectivity index is 1.39. The van der Waals surface area contributed by atoms with Crippen molar-refractivity contribution in [1.82, 2.24) is 9.80 Å². The Labute approximate surface area is 141 Å². The SMILES string of the molecule is O=C(O)N1CCC(Oc2ccc(OCCN3CCOCC3)cc2)C1. The number of morpholine rings is 1. The predicted molar refractivity (Wildman–Crippen MR) is 87.8 cm³/mol. The number of likely N-dealkylation sites (tertiary alicyclic amines) is 1. The molecule has 1 aromatic carbocycles. The molecule has 2 aliphatic heterocycles. The van der Waals surface area contributed by atoms with E-state index in [9.17, 15) is 4.79 Å². The highest BCUT2D eigenvalue weighted by molar-refractivity contribution is 5.65. The van der Waals surface area contributed by atoms with E-state index in [0.717, 1.165) is 50.8 Å². The van der Waals surface area contributed by atoms with E-state index in [-0.39, 0.29) is 6.10 Å². The monoisotopic (exact) mass is 336 g/mol. The summed E-state index contributed by atoms with van der Waals surface area (Å²) in [6.45, 7) is 6.02. The minimum absolute atomic E-state index is 0.0748. The topological polar surface area (TPSA) is 71.5 Å². The summed E-state index contributed by atoms with van der Waals surface area (Å²) in [6.07, 6.45) is -0.233. The fourth-order valence-electron chi connectivity index (χ4n) is 2.92. The number of ether oxygens (including phenoxy) is 3. The maximum absolute atomic E-state index is 10.9. The summed E-state index contributed by atoms with van der Waals surface area (Å²) >= 11 is 0. The van der Waals surface area contributed by atoms with Crippen LogP contribution in [-0.4, -0.2) is 79.6 Å². The van der Waals surface area contributed by atoms with Crippen LogP contribution in [0.4, 0.5) is 4.79 Å². The van der Waals surface area contributed by atoms with E-state index in [1.165, 1.54) is 4.90 Å². The van der Waals surface area contributed by atoms with Gasteiger partial charge in [0.2, 0.25) is 0 Å². The van der Waals surface area contributed by atoms with Crippen molar-refractivity contribution in [2.75, 3.05) is 52.5 Å². The third-order valence-electron chi connectivity index (χ3n) is 4.32. The van der Waals surface area contributed by atoms with Gasteiger partial charge in [-0.2, -0.15) is 0 Å². The van der Waals surface area contributed by atoms with Gasteiger partial charge >= 0.3 is 6.09 Å². The molecular weight excluding hydrogens is 312 g/mol. The maximum atomic E-state index is 10.9. The average molecular weight is 336 g/mol. The Bertz CT molecular complexity index is 530. The first-order chi connectivity index (χ1) is 11.7. The van der Waals surface area contributed by atoms with E-state index >= 15 is 0 Å². The third-order valence-corrected chi connectivity index (χ3v) is 4.32. The largest absolute Gasteiger partial charge is 0.492 e. The molecule has 1 N–H and O–H groups in total. The van der Waals surface area contributed by atoms with Crippen molar-refractivity contribution >= 4 is 6.09 Å². The fourth-order valence-corrected chi connectivity index (χ4v) is 2.92. The molecule has 2 aliphatic rings. The molecule has 1 unspecified atom stereocenters. The molecule has 132 valence electrons. The summed E-state index contributed by atoms with van der Waals surface area (Å²) < 4.78 is 16.9. The van der Waals surface area contributed by atoms with Crippen LogP contribution in [0, 0.1) is 0 Å². The van der Waals surface area contributed by atoms with Crippen molar-refractivity contribution in [3.05, 3.63) is 24.3 Å². The molecule has 0 radical (unpaired) electrons. The summed E-state index contributed by atoms with van der Waals surface area (Å²) in [5.41, 5.74) is 0. The zero-order chi connectivity index (χ0) is 16.8. The summed E-state index contributed by atoms with van der Waals surface area (Å²) in [5, 5.41) is 8.95. The molecule has 2 heterocycles. The van der Waals surface area contributed by atoms with Crippen LogP contribution < -0.4 is 9.47 Å². The molecular formula is C17H24N2O5. The van der Waals surface area contributed by atoms with Crippen LogP contribution in [0.1, 0.15) is 6.42 Å². The lowest BCUT2D eigenvalue weighted by Crippen LogP contribution is -2.38. The van der Waals surface area contributed by atoms with Crippen molar-refractivity contribution in [1.29, 1.82) is 0 Å². The molecule has 0 saturated carbocycles. The van der Waals surface area contributed by atoms with Gasteiger partial charge in [-0.25, -0.2) is 4.79 Å². The molecule has 2 saturated heterocycles. The van der Waals surface area contributed by atoms with Gasteiger partial charge in [0.1, 0.15) is 24.2 Å². The first-order valence-corrected chi connectivity index (χ1v) is 8.38. The standard InChI is InChI=1S/C17H24N2O5/c20-17(21)19-6-5-16(13-19)24-15-3-1-14(2-4-15)23-12-9-18-7-10-22-11-8-18/h1-4,16H,5-13H2,(H,20,21). The number of carboxylic acid groups (broad SMARTS) is 1. The molecule has 0 spiro atoms. The van der Waals surface area contributed by atoms with E-state index < -0.39 is 6.09 Å². The molecule has 1 amide bonds. The van der Waals surface area contributed by atoms with Gasteiger partial charge in [0.15, 0.2) is 0 Å². The Morgan fingerprint density at radius 1 is 1.17 bits per heavy atom. The van der Waals surface area contributed by atoms with Crippen LogP contribution >= 0.6 is 0 Å². The molecule has 7 nitrogen and oxygen atoms in total. The zero-order valence-corrected chi connectivity index (χ0v) is 13.7. The summed E-state index contributed by atoms with van der Waals surface area (Å²) in [6, 6.07) is 7.51. The van der Waals surface area contributed by atoms with Crippen LogP contribution in [0.3, 0.4) is 0 Å². The van der Waals surface area contributed by atoms with E-state index in [0.29, 0.717) is 19.7 Å².